The van der Waals surface area contributed by atoms with E-state index in [1.165, 1.54) is 6.92 Å². The van der Waals surface area contributed by atoms with Crippen LogP contribution in [0.4, 0.5) is 0 Å². The molecule has 3 aromatic carbocycles. The molecule has 6 nitrogen and oxygen atoms in total. The summed E-state index contributed by atoms with van der Waals surface area (Å²) in [5.41, 5.74) is 0.407. The molecule has 6 heteroatoms. The van der Waals surface area contributed by atoms with E-state index in [4.69, 9.17) is 4.74 Å². The number of hydrogen-bond donors (Lipinski definition) is 1. The molecule has 0 bridgehead atoms. The number of nitrogens with zero attached hydrogens (tertiary/aromatic N) is 2. The van der Waals surface area contributed by atoms with Crippen LogP contribution in [0.5, 0.6) is 5.75 Å². The number of likely N-dealkylation sites (N-methyl/N-ethyl adjacent to an activating group) is 1. The molecule has 1 amide bonds. The van der Waals surface area contributed by atoms with Gasteiger partial charge in [-0.3, -0.25) is 9.59 Å². The summed E-state index contributed by atoms with van der Waals surface area (Å²) in [6, 6.07) is 21.2. The van der Waals surface area contributed by atoms with Crippen molar-refractivity contribution in [3.05, 3.63) is 77.9 Å². The first-order valence-electron chi connectivity index (χ1n) is 12.7. The lowest BCUT2D eigenvalue weighted by Gasteiger charge is -2.59. The van der Waals surface area contributed by atoms with Crippen molar-refractivity contribution in [3.63, 3.8) is 0 Å². The number of benzene rings is 3. The van der Waals surface area contributed by atoms with E-state index in [-0.39, 0.29) is 23.7 Å². The van der Waals surface area contributed by atoms with Gasteiger partial charge >= 0.3 is 5.97 Å². The van der Waals surface area contributed by atoms with Crippen LogP contribution in [0.2, 0.25) is 0 Å². The first-order chi connectivity index (χ1) is 17.2. The normalized spacial score (nSPS) is 26.2. The Morgan fingerprint density at radius 3 is 2.56 bits per heavy atom. The van der Waals surface area contributed by atoms with Gasteiger partial charge in [0.15, 0.2) is 0 Å². The fourth-order valence-electron chi connectivity index (χ4n) is 6.59. The highest BCUT2D eigenvalue weighted by atomic mass is 16.6. The second-order valence-electron chi connectivity index (χ2n) is 10.6. The molecule has 1 aliphatic carbocycles. The number of rotatable bonds is 4. The molecule has 0 radical (unpaired) electrons. The Morgan fingerprint density at radius 1 is 1.03 bits per heavy atom. The van der Waals surface area contributed by atoms with Gasteiger partial charge in [0.05, 0.1) is 0 Å². The van der Waals surface area contributed by atoms with Crippen molar-refractivity contribution in [2.75, 3.05) is 27.2 Å². The van der Waals surface area contributed by atoms with Crippen molar-refractivity contribution in [1.82, 2.24) is 9.80 Å². The molecule has 1 saturated carbocycles. The lowest BCUT2D eigenvalue weighted by Crippen LogP contribution is -2.68. The van der Waals surface area contributed by atoms with E-state index in [0.717, 1.165) is 35.7 Å². The Balaban J connectivity index is 1.52. The first kappa shape index (κ1) is 24.3. The molecular weight excluding hydrogens is 452 g/mol. The highest BCUT2D eigenvalue weighted by Gasteiger charge is 2.61. The minimum Gasteiger partial charge on any atom is -0.508 e. The minimum absolute atomic E-state index is 0.00951. The monoisotopic (exact) mass is 486 g/mol. The zero-order chi connectivity index (χ0) is 25.5. The number of ether oxygens (including phenoxy) is 1. The molecule has 36 heavy (non-hydrogen) atoms. The zero-order valence-corrected chi connectivity index (χ0v) is 21.2. The number of piperidine rings is 1. The lowest BCUT2D eigenvalue weighted by molar-refractivity contribution is -0.187. The molecule has 0 spiro atoms. The molecule has 5 rings (SSSR count). The number of carbonyl (C=O) groups is 2. The summed E-state index contributed by atoms with van der Waals surface area (Å²) >= 11 is 0. The summed E-state index contributed by atoms with van der Waals surface area (Å²) in [7, 11) is 3.94. The van der Waals surface area contributed by atoms with Crippen LogP contribution in [0.3, 0.4) is 0 Å². The maximum absolute atomic E-state index is 13.6. The van der Waals surface area contributed by atoms with Gasteiger partial charge in [0, 0.05) is 37.5 Å². The number of esters is 1. The van der Waals surface area contributed by atoms with Crippen LogP contribution in [0, 0.1) is 0 Å². The van der Waals surface area contributed by atoms with Gasteiger partial charge in [-0.25, -0.2) is 0 Å². The third-order valence-electron chi connectivity index (χ3n) is 8.39. The number of amides is 1. The van der Waals surface area contributed by atoms with Gasteiger partial charge in [-0.05, 0) is 79.9 Å². The predicted octanol–water partition coefficient (Wildman–Crippen LogP) is 4.75. The maximum Gasteiger partial charge on any atom is 0.303 e. The number of carbonyl (C=O) groups excluding carboxylic acids is 2. The number of fused-ring (bicyclic) bond motifs is 2. The molecular formula is C30H34N2O4. The van der Waals surface area contributed by atoms with E-state index in [1.54, 1.807) is 12.1 Å². The molecule has 1 N–H and O–H groups in total. The molecule has 1 saturated heterocycles. The fraction of sp³-hybridized carbons (Fsp3) is 0.400. The Morgan fingerprint density at radius 2 is 1.81 bits per heavy atom. The molecule has 2 fully saturated rings. The van der Waals surface area contributed by atoms with Crippen LogP contribution in [0.15, 0.2) is 66.7 Å². The summed E-state index contributed by atoms with van der Waals surface area (Å²) in [6.45, 7) is 2.93. The predicted molar refractivity (Wildman–Crippen MR) is 140 cm³/mol. The SMILES string of the molecule is CC(=O)O[C@]12CC[C@@H](N(C)C(=O)c3ccc4ccccc4c3)C[C@]1(c1cccc(O)c1)CCN(C)C2. The van der Waals surface area contributed by atoms with Crippen molar-refractivity contribution in [2.24, 2.45) is 0 Å². The molecule has 0 unspecified atom stereocenters. The van der Waals surface area contributed by atoms with Crippen LogP contribution in [0.1, 0.15) is 48.5 Å². The summed E-state index contributed by atoms with van der Waals surface area (Å²) in [4.78, 5) is 30.1. The highest BCUT2D eigenvalue weighted by Crippen LogP contribution is 2.54. The second-order valence-corrected chi connectivity index (χ2v) is 10.6. The fourth-order valence-corrected chi connectivity index (χ4v) is 6.59. The van der Waals surface area contributed by atoms with Crippen molar-refractivity contribution < 1.29 is 19.4 Å². The number of hydrogen-bond acceptors (Lipinski definition) is 5. The second kappa shape index (κ2) is 9.25. The smallest absolute Gasteiger partial charge is 0.303 e. The van der Waals surface area contributed by atoms with Crippen molar-refractivity contribution >= 4 is 22.6 Å². The summed E-state index contributed by atoms with van der Waals surface area (Å²) < 4.78 is 6.21. The standard InChI is InChI=1S/C30H34N2O4/c1-21(33)36-30-14-13-26(32(3)28(35)24-12-11-22-7-4-5-8-23(22)17-24)19-29(30,15-16-31(2)20-30)25-9-6-10-27(34)18-25/h4-12,17-18,26,34H,13-16,19-20H2,1-3H3/t26-,29+,30+/m1/s1. The maximum atomic E-state index is 13.6. The van der Waals surface area contributed by atoms with Crippen LogP contribution in [0.25, 0.3) is 10.8 Å². The van der Waals surface area contributed by atoms with E-state index in [2.05, 4.69) is 11.9 Å². The Labute approximate surface area is 212 Å². The lowest BCUT2D eigenvalue weighted by atomic mass is 9.55. The average Bonchev–Trinajstić information content (AvgIpc) is 2.86. The van der Waals surface area contributed by atoms with Gasteiger partial charge < -0.3 is 19.6 Å². The molecule has 2 aliphatic rings. The van der Waals surface area contributed by atoms with Gasteiger partial charge in [-0.15, -0.1) is 0 Å². The highest BCUT2D eigenvalue weighted by molar-refractivity contribution is 5.98. The van der Waals surface area contributed by atoms with Gasteiger partial charge in [0.2, 0.25) is 0 Å². The first-order valence-corrected chi connectivity index (χ1v) is 12.7. The average molecular weight is 487 g/mol. The minimum atomic E-state index is -0.719. The number of aromatic hydroxyl groups is 1. The molecule has 3 atom stereocenters. The number of phenolic OH excluding ortho intramolecular Hbond substituents is 1. The summed E-state index contributed by atoms with van der Waals surface area (Å²) in [5, 5.41) is 12.5. The zero-order valence-electron chi connectivity index (χ0n) is 21.2. The topological polar surface area (TPSA) is 70.1 Å². The van der Waals surface area contributed by atoms with Crippen molar-refractivity contribution in [2.45, 2.75) is 49.7 Å². The van der Waals surface area contributed by atoms with E-state index >= 15 is 0 Å². The summed E-state index contributed by atoms with van der Waals surface area (Å²) in [5.74, 6) is -0.112. The molecule has 1 heterocycles. The van der Waals surface area contributed by atoms with Gasteiger partial charge in [-0.2, -0.15) is 0 Å². The summed E-state index contributed by atoms with van der Waals surface area (Å²) in [6.07, 6.45) is 2.81. The third-order valence-corrected chi connectivity index (χ3v) is 8.39. The molecule has 1 aliphatic heterocycles. The van der Waals surface area contributed by atoms with Crippen molar-refractivity contribution in [3.8, 4) is 5.75 Å². The van der Waals surface area contributed by atoms with Gasteiger partial charge in [-0.1, -0.05) is 42.5 Å². The van der Waals surface area contributed by atoms with Gasteiger partial charge in [0.25, 0.3) is 5.91 Å². The van der Waals surface area contributed by atoms with E-state index in [1.807, 2.05) is 66.5 Å². The van der Waals surface area contributed by atoms with Crippen LogP contribution in [-0.2, 0) is 14.9 Å². The van der Waals surface area contributed by atoms with Crippen LogP contribution < -0.4 is 0 Å². The molecule has 3 aromatic rings. The third kappa shape index (κ3) is 4.13. The quantitative estimate of drug-likeness (QED) is 0.539. The molecule has 0 aromatic heterocycles. The largest absolute Gasteiger partial charge is 0.508 e. The van der Waals surface area contributed by atoms with Crippen molar-refractivity contribution in [1.29, 1.82) is 0 Å². The number of phenols is 1. The van der Waals surface area contributed by atoms with Gasteiger partial charge in [0.1, 0.15) is 11.4 Å². The van der Waals surface area contributed by atoms with E-state index in [9.17, 15) is 14.7 Å². The Kier molecular flexibility index (Phi) is 6.25. The van der Waals surface area contributed by atoms with Crippen LogP contribution in [-0.4, -0.2) is 65.6 Å². The van der Waals surface area contributed by atoms with Crippen LogP contribution >= 0.6 is 0 Å². The number of likely N-dealkylation sites (tertiary alicyclic amines) is 1. The Hall–Kier alpha value is -3.38. The van der Waals surface area contributed by atoms with E-state index < -0.39 is 11.0 Å². The van der Waals surface area contributed by atoms with E-state index in [0.29, 0.717) is 24.9 Å². The molecule has 188 valence electrons. The Bertz CT molecular complexity index is 1310.